The number of aromatic nitrogens is 1. The Balaban J connectivity index is 2.14. The van der Waals surface area contributed by atoms with Crippen LogP contribution in [0.4, 0.5) is 0 Å². The fourth-order valence-corrected chi connectivity index (χ4v) is 2.79. The first-order chi connectivity index (χ1) is 12.2. The van der Waals surface area contributed by atoms with Crippen molar-refractivity contribution in [3.8, 4) is 23.7 Å². The van der Waals surface area contributed by atoms with Crippen molar-refractivity contribution in [3.63, 3.8) is 0 Å². The molecule has 5 heteroatoms. The van der Waals surface area contributed by atoms with Crippen LogP contribution in [0.3, 0.4) is 0 Å². The molecule has 2 heterocycles. The molecule has 0 aliphatic rings. The minimum atomic E-state index is -0.482. The summed E-state index contributed by atoms with van der Waals surface area (Å²) in [4.78, 5) is 12.7. The monoisotopic (exact) mass is 332 g/mol. The minimum absolute atomic E-state index is 0.0308. The van der Waals surface area contributed by atoms with Crippen molar-refractivity contribution >= 4 is 22.4 Å². The number of carbonyl (C=O) groups is 1. The summed E-state index contributed by atoms with van der Waals surface area (Å²) in [6, 6.07) is 12.9. The number of nitriles is 1. The second kappa shape index (κ2) is 6.98. The lowest BCUT2D eigenvalue weighted by atomic mass is 10.1. The zero-order valence-corrected chi connectivity index (χ0v) is 13.9. The number of hydrogen-bond donors (Lipinski definition) is 0. The Bertz CT molecular complexity index is 1050. The van der Waals surface area contributed by atoms with Gasteiger partial charge in [-0.3, -0.25) is 0 Å². The van der Waals surface area contributed by atoms with Gasteiger partial charge >= 0.3 is 5.97 Å². The highest BCUT2D eigenvalue weighted by molar-refractivity contribution is 6.12. The van der Waals surface area contributed by atoms with Gasteiger partial charge in [-0.2, -0.15) is 5.26 Å². The van der Waals surface area contributed by atoms with E-state index < -0.39 is 12.1 Å². The first-order valence-corrected chi connectivity index (χ1v) is 7.81. The van der Waals surface area contributed by atoms with Crippen molar-refractivity contribution in [2.75, 3.05) is 6.61 Å². The Kier molecular flexibility index (Phi) is 4.59. The standard InChI is InChI=1S/C20H16N2O3/c1-3-6-14(2)25-20(23)19-16-9-8-15(24-12-10-21)13-18(16)22-11-5-4-7-17(19)22/h4-5,7-9,11,13-14H,12H2,1-2H3. The van der Waals surface area contributed by atoms with Crippen LogP contribution in [-0.4, -0.2) is 23.1 Å². The fraction of sp³-hybridized carbons (Fsp3) is 0.200. The van der Waals surface area contributed by atoms with E-state index in [2.05, 4.69) is 11.8 Å². The molecule has 0 radical (unpaired) electrons. The third-order valence-corrected chi connectivity index (χ3v) is 3.75. The number of fused-ring (bicyclic) bond motifs is 3. The van der Waals surface area contributed by atoms with Crippen molar-refractivity contribution in [1.29, 1.82) is 5.26 Å². The van der Waals surface area contributed by atoms with Crippen LogP contribution in [-0.2, 0) is 4.74 Å². The van der Waals surface area contributed by atoms with Crippen LogP contribution in [0.15, 0.2) is 42.6 Å². The number of nitrogens with zero attached hydrogens (tertiary/aromatic N) is 2. The van der Waals surface area contributed by atoms with Crippen LogP contribution >= 0.6 is 0 Å². The highest BCUT2D eigenvalue weighted by atomic mass is 16.5. The summed E-state index contributed by atoms with van der Waals surface area (Å²) < 4.78 is 12.7. The van der Waals surface area contributed by atoms with Gasteiger partial charge in [0.05, 0.1) is 16.6 Å². The Morgan fingerprint density at radius 3 is 2.88 bits per heavy atom. The van der Waals surface area contributed by atoms with E-state index in [1.54, 1.807) is 19.9 Å². The average molecular weight is 332 g/mol. The first kappa shape index (κ1) is 16.4. The molecule has 124 valence electrons. The van der Waals surface area contributed by atoms with Crippen molar-refractivity contribution in [1.82, 2.24) is 4.40 Å². The van der Waals surface area contributed by atoms with Crippen LogP contribution in [0.25, 0.3) is 16.4 Å². The fourth-order valence-electron chi connectivity index (χ4n) is 2.79. The van der Waals surface area contributed by atoms with E-state index >= 15 is 0 Å². The van der Waals surface area contributed by atoms with E-state index in [1.165, 1.54) is 0 Å². The first-order valence-electron chi connectivity index (χ1n) is 7.81. The molecule has 2 aromatic heterocycles. The molecule has 25 heavy (non-hydrogen) atoms. The number of hydrogen-bond acceptors (Lipinski definition) is 4. The predicted molar refractivity (Wildman–Crippen MR) is 94.3 cm³/mol. The lowest BCUT2D eigenvalue weighted by Gasteiger charge is -2.07. The van der Waals surface area contributed by atoms with E-state index in [0.29, 0.717) is 11.3 Å². The van der Waals surface area contributed by atoms with Crippen LogP contribution < -0.4 is 4.74 Å². The highest BCUT2D eigenvalue weighted by Gasteiger charge is 2.21. The molecule has 0 aliphatic carbocycles. The average Bonchev–Trinajstić information content (AvgIpc) is 2.94. The largest absolute Gasteiger partial charge is 0.479 e. The molecule has 1 aromatic carbocycles. The third-order valence-electron chi connectivity index (χ3n) is 3.75. The smallest absolute Gasteiger partial charge is 0.342 e. The zero-order valence-electron chi connectivity index (χ0n) is 13.9. The van der Waals surface area contributed by atoms with Crippen LogP contribution in [0.2, 0.25) is 0 Å². The molecule has 0 saturated heterocycles. The lowest BCUT2D eigenvalue weighted by molar-refractivity contribution is 0.0443. The Morgan fingerprint density at radius 1 is 1.28 bits per heavy atom. The molecule has 1 unspecified atom stereocenters. The summed E-state index contributed by atoms with van der Waals surface area (Å²) in [5.41, 5.74) is 2.05. The van der Waals surface area contributed by atoms with Crippen molar-refractivity contribution < 1.29 is 14.3 Å². The van der Waals surface area contributed by atoms with Gasteiger partial charge in [0, 0.05) is 17.6 Å². The van der Waals surface area contributed by atoms with Gasteiger partial charge in [0.25, 0.3) is 0 Å². The lowest BCUT2D eigenvalue weighted by Crippen LogP contribution is -2.13. The van der Waals surface area contributed by atoms with Gasteiger partial charge in [-0.1, -0.05) is 12.0 Å². The molecule has 0 N–H and O–H groups in total. The maximum atomic E-state index is 12.7. The zero-order chi connectivity index (χ0) is 17.8. The number of benzene rings is 1. The topological polar surface area (TPSA) is 63.7 Å². The van der Waals surface area contributed by atoms with Gasteiger partial charge in [-0.05, 0) is 38.1 Å². The van der Waals surface area contributed by atoms with Gasteiger partial charge in [0.2, 0.25) is 0 Å². The van der Waals surface area contributed by atoms with Gasteiger partial charge in [-0.25, -0.2) is 4.79 Å². The number of carbonyl (C=O) groups excluding carboxylic acids is 1. The van der Waals surface area contributed by atoms with E-state index in [0.717, 1.165) is 16.4 Å². The van der Waals surface area contributed by atoms with Gasteiger partial charge in [0.1, 0.15) is 11.8 Å². The van der Waals surface area contributed by atoms with Gasteiger partial charge < -0.3 is 13.9 Å². The molecular weight excluding hydrogens is 316 g/mol. The molecule has 3 rings (SSSR count). The second-order valence-electron chi connectivity index (χ2n) is 5.40. The summed E-state index contributed by atoms with van der Waals surface area (Å²) in [5.74, 6) is 5.72. The number of pyridine rings is 1. The summed E-state index contributed by atoms with van der Waals surface area (Å²) in [6.45, 7) is 3.41. The van der Waals surface area contributed by atoms with E-state index in [9.17, 15) is 4.79 Å². The Labute approximate surface area is 145 Å². The van der Waals surface area contributed by atoms with E-state index in [-0.39, 0.29) is 6.61 Å². The summed E-state index contributed by atoms with van der Waals surface area (Å²) in [6.07, 6.45) is 1.39. The predicted octanol–water partition coefficient (Wildman–Crippen LogP) is 3.56. The molecule has 0 amide bonds. The summed E-state index contributed by atoms with van der Waals surface area (Å²) >= 11 is 0. The van der Waals surface area contributed by atoms with Crippen LogP contribution in [0.1, 0.15) is 24.2 Å². The van der Waals surface area contributed by atoms with Gasteiger partial charge in [0.15, 0.2) is 12.7 Å². The molecule has 0 spiro atoms. The molecule has 0 aliphatic heterocycles. The molecule has 0 bridgehead atoms. The third kappa shape index (κ3) is 3.13. The molecule has 1 atom stereocenters. The van der Waals surface area contributed by atoms with E-state index in [4.69, 9.17) is 14.7 Å². The quantitative estimate of drug-likeness (QED) is 0.541. The molecular formula is C20H16N2O3. The molecule has 3 aromatic rings. The second-order valence-corrected chi connectivity index (χ2v) is 5.40. The number of ether oxygens (including phenoxy) is 2. The van der Waals surface area contributed by atoms with Crippen LogP contribution in [0.5, 0.6) is 5.75 Å². The maximum Gasteiger partial charge on any atom is 0.342 e. The van der Waals surface area contributed by atoms with E-state index in [1.807, 2.05) is 47.0 Å². The van der Waals surface area contributed by atoms with Crippen molar-refractivity contribution in [2.24, 2.45) is 0 Å². The SMILES string of the molecule is CC#CC(C)OC(=O)c1c2ccc(OCC#N)cc2n2ccccc12. The normalized spacial score (nSPS) is 11.4. The van der Waals surface area contributed by atoms with Crippen molar-refractivity contribution in [3.05, 3.63) is 48.2 Å². The summed E-state index contributed by atoms with van der Waals surface area (Å²) in [5, 5.41) is 9.43. The molecule has 0 fully saturated rings. The number of rotatable bonds is 4. The minimum Gasteiger partial charge on any atom is -0.479 e. The molecule has 5 nitrogen and oxygen atoms in total. The highest BCUT2D eigenvalue weighted by Crippen LogP contribution is 2.30. The molecule has 0 saturated carbocycles. The Hall–Kier alpha value is -3.44. The van der Waals surface area contributed by atoms with Gasteiger partial charge in [-0.15, -0.1) is 5.92 Å². The van der Waals surface area contributed by atoms with Crippen molar-refractivity contribution in [2.45, 2.75) is 20.0 Å². The summed E-state index contributed by atoms with van der Waals surface area (Å²) in [7, 11) is 0. The van der Waals surface area contributed by atoms with Crippen LogP contribution in [0, 0.1) is 23.2 Å². The number of esters is 1. The maximum absolute atomic E-state index is 12.7. The Morgan fingerprint density at radius 2 is 2.12 bits per heavy atom.